The third-order valence-electron chi connectivity index (χ3n) is 4.24. The summed E-state index contributed by atoms with van der Waals surface area (Å²) in [4.78, 5) is 14.0. The molecular weight excluding hydrogens is 352 g/mol. The van der Waals surface area contributed by atoms with Crippen LogP contribution in [0, 0.1) is 6.92 Å². The largest absolute Gasteiger partial charge is 0.484 e. The van der Waals surface area contributed by atoms with Gasteiger partial charge in [-0.2, -0.15) is 0 Å². The number of aryl methyl sites for hydroxylation is 1. The highest BCUT2D eigenvalue weighted by Crippen LogP contribution is 2.21. The third kappa shape index (κ3) is 4.54. The molecular formula is C19H22N2O4S. The zero-order valence-electron chi connectivity index (χ0n) is 14.6. The zero-order valence-corrected chi connectivity index (χ0v) is 15.5. The van der Waals surface area contributed by atoms with E-state index < -0.39 is 10.0 Å². The molecule has 0 atom stereocenters. The van der Waals surface area contributed by atoms with Crippen LogP contribution in [0.25, 0.3) is 0 Å². The van der Waals surface area contributed by atoms with Crippen LogP contribution in [0.3, 0.4) is 0 Å². The molecule has 2 aromatic rings. The standard InChI is InChI=1S/C19H22N2O4S/c1-15-7-9-18(10-8-15)26(23,24)20-16-5-4-6-17(13-16)25-14-19(22)21-11-2-3-12-21/h4-10,13,20H,2-3,11-12,14H2,1H3. The number of nitrogens with zero attached hydrogens (tertiary/aromatic N) is 1. The van der Waals surface area contributed by atoms with Gasteiger partial charge in [-0.15, -0.1) is 0 Å². The summed E-state index contributed by atoms with van der Waals surface area (Å²) in [6, 6.07) is 13.2. The first-order valence-corrected chi connectivity index (χ1v) is 10.0. The van der Waals surface area contributed by atoms with E-state index in [2.05, 4.69) is 4.72 Å². The van der Waals surface area contributed by atoms with Crippen LogP contribution in [0.1, 0.15) is 18.4 Å². The van der Waals surface area contributed by atoms with Gasteiger partial charge >= 0.3 is 0 Å². The Labute approximate surface area is 153 Å². The molecule has 0 radical (unpaired) electrons. The minimum absolute atomic E-state index is 0.0475. The smallest absolute Gasteiger partial charge is 0.261 e. The summed E-state index contributed by atoms with van der Waals surface area (Å²) in [5.74, 6) is 0.398. The van der Waals surface area contributed by atoms with E-state index in [9.17, 15) is 13.2 Å². The molecule has 6 nitrogen and oxygen atoms in total. The van der Waals surface area contributed by atoms with Crippen LogP contribution in [0.2, 0.25) is 0 Å². The van der Waals surface area contributed by atoms with Crippen LogP contribution in [-0.4, -0.2) is 38.9 Å². The number of rotatable bonds is 6. The Hall–Kier alpha value is -2.54. The molecule has 7 heteroatoms. The maximum Gasteiger partial charge on any atom is 0.261 e. The molecule has 1 heterocycles. The van der Waals surface area contributed by atoms with Crippen LogP contribution in [-0.2, 0) is 14.8 Å². The molecule has 2 aromatic carbocycles. The molecule has 1 aliphatic rings. The van der Waals surface area contributed by atoms with Gasteiger partial charge in [0.25, 0.3) is 15.9 Å². The Morgan fingerprint density at radius 1 is 1.12 bits per heavy atom. The molecule has 0 bridgehead atoms. The molecule has 0 spiro atoms. The third-order valence-corrected chi connectivity index (χ3v) is 5.64. The number of likely N-dealkylation sites (tertiary alicyclic amines) is 1. The molecule has 26 heavy (non-hydrogen) atoms. The molecule has 1 amide bonds. The number of hydrogen-bond donors (Lipinski definition) is 1. The van der Waals surface area contributed by atoms with Crippen molar-refractivity contribution in [3.8, 4) is 5.75 Å². The second kappa shape index (κ2) is 7.78. The number of anilines is 1. The summed E-state index contributed by atoms with van der Waals surface area (Å²) >= 11 is 0. The quantitative estimate of drug-likeness (QED) is 0.844. The van der Waals surface area contributed by atoms with Crippen molar-refractivity contribution < 1.29 is 17.9 Å². The average molecular weight is 374 g/mol. The second-order valence-corrected chi connectivity index (χ2v) is 8.01. The SMILES string of the molecule is Cc1ccc(S(=O)(=O)Nc2cccc(OCC(=O)N3CCCC3)c2)cc1. The molecule has 138 valence electrons. The fourth-order valence-corrected chi connectivity index (χ4v) is 3.83. The van der Waals surface area contributed by atoms with Gasteiger partial charge in [-0.1, -0.05) is 23.8 Å². The topological polar surface area (TPSA) is 75.7 Å². The van der Waals surface area contributed by atoms with Crippen molar-refractivity contribution >= 4 is 21.6 Å². The molecule has 1 N–H and O–H groups in total. The molecule has 0 aromatic heterocycles. The van der Waals surface area contributed by atoms with Gasteiger partial charge < -0.3 is 9.64 Å². The minimum atomic E-state index is -3.67. The second-order valence-electron chi connectivity index (χ2n) is 6.32. The van der Waals surface area contributed by atoms with Crippen LogP contribution >= 0.6 is 0 Å². The Balaban J connectivity index is 1.65. The van der Waals surface area contributed by atoms with Crippen LogP contribution in [0.15, 0.2) is 53.4 Å². The number of carbonyl (C=O) groups excluding carboxylic acids is 1. The van der Waals surface area contributed by atoms with Crippen molar-refractivity contribution in [1.29, 1.82) is 0 Å². The summed E-state index contributed by atoms with van der Waals surface area (Å²) in [7, 11) is -3.67. The fraction of sp³-hybridized carbons (Fsp3) is 0.316. The van der Waals surface area contributed by atoms with Gasteiger partial charge in [0.05, 0.1) is 10.6 Å². The van der Waals surface area contributed by atoms with Crippen LogP contribution < -0.4 is 9.46 Å². The molecule has 0 unspecified atom stereocenters. The summed E-state index contributed by atoms with van der Waals surface area (Å²) in [5.41, 5.74) is 1.37. The van der Waals surface area contributed by atoms with Crippen molar-refractivity contribution in [3.05, 3.63) is 54.1 Å². The van der Waals surface area contributed by atoms with E-state index in [0.717, 1.165) is 31.5 Å². The predicted octanol–water partition coefficient (Wildman–Crippen LogP) is 2.80. The van der Waals surface area contributed by atoms with Gasteiger partial charge in [-0.05, 0) is 44.0 Å². The van der Waals surface area contributed by atoms with E-state index in [4.69, 9.17) is 4.74 Å². The van der Waals surface area contributed by atoms with E-state index in [-0.39, 0.29) is 17.4 Å². The maximum absolute atomic E-state index is 12.5. The van der Waals surface area contributed by atoms with Gasteiger partial charge in [-0.3, -0.25) is 9.52 Å². The fourth-order valence-electron chi connectivity index (χ4n) is 2.78. The Kier molecular flexibility index (Phi) is 5.46. The number of hydrogen-bond acceptors (Lipinski definition) is 4. The summed E-state index contributed by atoms with van der Waals surface area (Å²) in [6.07, 6.45) is 2.06. The summed E-state index contributed by atoms with van der Waals surface area (Å²) < 4.78 is 33.0. The molecule has 1 fully saturated rings. The van der Waals surface area contributed by atoms with Crippen molar-refractivity contribution in [3.63, 3.8) is 0 Å². The highest BCUT2D eigenvalue weighted by Gasteiger charge is 2.18. The number of sulfonamides is 1. The average Bonchev–Trinajstić information content (AvgIpc) is 3.15. The first kappa shape index (κ1) is 18.3. The Morgan fingerprint density at radius 2 is 1.81 bits per heavy atom. The summed E-state index contributed by atoms with van der Waals surface area (Å²) in [5, 5.41) is 0. The van der Waals surface area contributed by atoms with E-state index >= 15 is 0 Å². The highest BCUT2D eigenvalue weighted by atomic mass is 32.2. The van der Waals surface area contributed by atoms with Gasteiger partial charge in [0.1, 0.15) is 5.75 Å². The Morgan fingerprint density at radius 3 is 2.50 bits per heavy atom. The Bertz CT molecular complexity index is 873. The lowest BCUT2D eigenvalue weighted by Gasteiger charge is -2.16. The highest BCUT2D eigenvalue weighted by molar-refractivity contribution is 7.92. The predicted molar refractivity (Wildman–Crippen MR) is 99.7 cm³/mol. The van der Waals surface area contributed by atoms with Crippen LogP contribution in [0.5, 0.6) is 5.75 Å². The maximum atomic E-state index is 12.5. The molecule has 1 saturated heterocycles. The lowest BCUT2D eigenvalue weighted by molar-refractivity contribution is -0.132. The monoisotopic (exact) mass is 374 g/mol. The zero-order chi connectivity index (χ0) is 18.6. The molecule has 1 aliphatic heterocycles. The van der Waals surface area contributed by atoms with Gasteiger partial charge in [0, 0.05) is 19.2 Å². The normalized spacial score (nSPS) is 14.3. The van der Waals surface area contributed by atoms with E-state index in [1.807, 2.05) is 6.92 Å². The lowest BCUT2D eigenvalue weighted by Crippen LogP contribution is -2.32. The number of ether oxygens (including phenoxy) is 1. The summed E-state index contributed by atoms with van der Waals surface area (Å²) in [6.45, 7) is 3.40. The van der Waals surface area contributed by atoms with E-state index in [1.54, 1.807) is 53.4 Å². The van der Waals surface area contributed by atoms with Crippen molar-refractivity contribution in [2.75, 3.05) is 24.4 Å². The number of carbonyl (C=O) groups is 1. The van der Waals surface area contributed by atoms with Crippen molar-refractivity contribution in [2.24, 2.45) is 0 Å². The molecule has 0 saturated carbocycles. The van der Waals surface area contributed by atoms with E-state index in [1.165, 1.54) is 0 Å². The van der Waals surface area contributed by atoms with E-state index in [0.29, 0.717) is 11.4 Å². The van der Waals surface area contributed by atoms with Crippen molar-refractivity contribution in [1.82, 2.24) is 4.90 Å². The van der Waals surface area contributed by atoms with Crippen LogP contribution in [0.4, 0.5) is 5.69 Å². The van der Waals surface area contributed by atoms with Gasteiger partial charge in [-0.25, -0.2) is 8.42 Å². The minimum Gasteiger partial charge on any atom is -0.484 e. The van der Waals surface area contributed by atoms with Crippen molar-refractivity contribution in [2.45, 2.75) is 24.7 Å². The number of benzene rings is 2. The molecule has 3 rings (SSSR count). The lowest BCUT2D eigenvalue weighted by atomic mass is 10.2. The molecule has 0 aliphatic carbocycles. The number of nitrogens with one attached hydrogen (secondary N) is 1. The van der Waals surface area contributed by atoms with Gasteiger partial charge in [0.15, 0.2) is 6.61 Å². The number of amides is 1. The van der Waals surface area contributed by atoms with Gasteiger partial charge in [0.2, 0.25) is 0 Å². The first-order valence-electron chi connectivity index (χ1n) is 8.54. The first-order chi connectivity index (χ1) is 12.4.